The van der Waals surface area contributed by atoms with E-state index in [1.807, 2.05) is 0 Å². The van der Waals surface area contributed by atoms with Crippen molar-refractivity contribution < 1.29 is 4.79 Å². The van der Waals surface area contributed by atoms with Gasteiger partial charge in [0.15, 0.2) is 0 Å². The smallest absolute Gasteiger partial charge is 0.220 e. The number of carbonyl (C=O) groups excluding carboxylic acids is 1. The fourth-order valence-electron chi connectivity index (χ4n) is 2.10. The fourth-order valence-corrected chi connectivity index (χ4v) is 2.10. The molecule has 1 atom stereocenters. The average Bonchev–Trinajstić information content (AvgIpc) is 2.42. The summed E-state index contributed by atoms with van der Waals surface area (Å²) >= 11 is 0. The van der Waals surface area contributed by atoms with Gasteiger partial charge >= 0.3 is 0 Å². The molecule has 0 aromatic heterocycles. The Labute approximate surface area is 128 Å². The lowest BCUT2D eigenvalue weighted by Gasteiger charge is -2.23. The largest absolute Gasteiger partial charge is 0.349 e. The molecule has 0 spiro atoms. The van der Waals surface area contributed by atoms with Crippen molar-refractivity contribution in [3.63, 3.8) is 0 Å². The van der Waals surface area contributed by atoms with E-state index >= 15 is 0 Å². The Morgan fingerprint density at radius 3 is 2.30 bits per heavy atom. The van der Waals surface area contributed by atoms with Crippen LogP contribution in [0.2, 0.25) is 0 Å². The summed E-state index contributed by atoms with van der Waals surface area (Å²) < 4.78 is 0. The first-order chi connectivity index (χ1) is 9.08. The highest BCUT2D eigenvalue weighted by Crippen LogP contribution is 2.22. The number of halogens is 1. The van der Waals surface area contributed by atoms with Crippen molar-refractivity contribution in [3.05, 3.63) is 35.4 Å². The van der Waals surface area contributed by atoms with Gasteiger partial charge in [-0.05, 0) is 36.4 Å². The molecule has 0 aliphatic rings. The van der Waals surface area contributed by atoms with Crippen LogP contribution in [0.5, 0.6) is 0 Å². The summed E-state index contributed by atoms with van der Waals surface area (Å²) in [5.41, 5.74) is 7.92. The molecule has 1 unspecified atom stereocenters. The van der Waals surface area contributed by atoms with Crippen molar-refractivity contribution in [1.29, 1.82) is 0 Å². The van der Waals surface area contributed by atoms with E-state index in [1.165, 1.54) is 11.1 Å². The van der Waals surface area contributed by atoms with Gasteiger partial charge in [0.2, 0.25) is 5.91 Å². The van der Waals surface area contributed by atoms with E-state index in [0.717, 1.165) is 12.8 Å². The minimum Gasteiger partial charge on any atom is -0.349 e. The number of amides is 1. The van der Waals surface area contributed by atoms with Gasteiger partial charge in [0.05, 0.1) is 6.04 Å². The Morgan fingerprint density at radius 1 is 1.25 bits per heavy atom. The molecule has 1 aromatic rings. The van der Waals surface area contributed by atoms with E-state index in [1.54, 1.807) is 0 Å². The molecule has 3 nitrogen and oxygen atoms in total. The predicted octanol–water partition coefficient (Wildman–Crippen LogP) is 3.22. The molecular weight excluding hydrogens is 272 g/mol. The molecule has 0 aliphatic heterocycles. The molecule has 0 radical (unpaired) electrons. The van der Waals surface area contributed by atoms with Crippen molar-refractivity contribution in [1.82, 2.24) is 5.32 Å². The number of hydrogen-bond acceptors (Lipinski definition) is 2. The number of carbonyl (C=O) groups is 1. The summed E-state index contributed by atoms with van der Waals surface area (Å²) in [6.45, 7) is 6.96. The molecule has 1 rings (SSSR count). The monoisotopic (exact) mass is 298 g/mol. The first-order valence-electron chi connectivity index (χ1n) is 7.16. The number of nitrogens with two attached hydrogens (primary N) is 1. The average molecular weight is 299 g/mol. The standard InChI is InChI=1S/C16H26N2O.ClH/c1-4-13-7-9-14(10-8-13)16(12(2)3)18-15(19)6-5-11-17;/h7-10,12,16H,4-6,11,17H2,1-3H3,(H,18,19);1H. The van der Waals surface area contributed by atoms with Gasteiger partial charge < -0.3 is 11.1 Å². The zero-order valence-electron chi connectivity index (χ0n) is 12.7. The topological polar surface area (TPSA) is 55.1 Å². The third-order valence-electron chi connectivity index (χ3n) is 3.34. The van der Waals surface area contributed by atoms with Crippen LogP contribution in [0.15, 0.2) is 24.3 Å². The van der Waals surface area contributed by atoms with Crippen LogP contribution >= 0.6 is 12.4 Å². The number of nitrogens with one attached hydrogen (secondary N) is 1. The Kier molecular flexibility index (Phi) is 9.26. The summed E-state index contributed by atoms with van der Waals surface area (Å²) in [4.78, 5) is 11.8. The second-order valence-electron chi connectivity index (χ2n) is 5.28. The maximum Gasteiger partial charge on any atom is 0.220 e. The van der Waals surface area contributed by atoms with Crippen molar-refractivity contribution in [2.45, 2.75) is 46.1 Å². The molecule has 20 heavy (non-hydrogen) atoms. The number of hydrogen-bond donors (Lipinski definition) is 2. The fraction of sp³-hybridized carbons (Fsp3) is 0.562. The molecule has 3 N–H and O–H groups in total. The lowest BCUT2D eigenvalue weighted by Crippen LogP contribution is -2.31. The van der Waals surface area contributed by atoms with Gasteiger partial charge in [0, 0.05) is 6.42 Å². The van der Waals surface area contributed by atoms with Gasteiger partial charge in [-0.15, -0.1) is 12.4 Å². The van der Waals surface area contributed by atoms with Gasteiger partial charge in [-0.3, -0.25) is 4.79 Å². The lowest BCUT2D eigenvalue weighted by molar-refractivity contribution is -0.122. The Morgan fingerprint density at radius 2 is 1.85 bits per heavy atom. The number of aryl methyl sites for hydroxylation is 1. The molecule has 0 aliphatic carbocycles. The van der Waals surface area contributed by atoms with Crippen LogP contribution in [0, 0.1) is 5.92 Å². The van der Waals surface area contributed by atoms with Crippen molar-refractivity contribution >= 4 is 18.3 Å². The van der Waals surface area contributed by atoms with Crippen LogP contribution in [0.3, 0.4) is 0 Å². The third-order valence-corrected chi connectivity index (χ3v) is 3.34. The molecule has 1 amide bonds. The predicted molar refractivity (Wildman–Crippen MR) is 87.1 cm³/mol. The highest BCUT2D eigenvalue weighted by Gasteiger charge is 2.17. The summed E-state index contributed by atoms with van der Waals surface area (Å²) in [6.07, 6.45) is 2.29. The van der Waals surface area contributed by atoms with Crippen molar-refractivity contribution in [2.75, 3.05) is 6.54 Å². The molecule has 0 heterocycles. The molecule has 1 aromatic carbocycles. The summed E-state index contributed by atoms with van der Waals surface area (Å²) in [6, 6.07) is 8.59. The molecule has 4 heteroatoms. The van der Waals surface area contributed by atoms with Crippen LogP contribution < -0.4 is 11.1 Å². The number of rotatable bonds is 7. The van der Waals surface area contributed by atoms with Gasteiger partial charge in [-0.2, -0.15) is 0 Å². The van der Waals surface area contributed by atoms with Gasteiger partial charge in [0.1, 0.15) is 0 Å². The maximum absolute atomic E-state index is 11.8. The van der Waals surface area contributed by atoms with Crippen molar-refractivity contribution in [3.8, 4) is 0 Å². The molecule has 0 saturated heterocycles. The lowest BCUT2D eigenvalue weighted by atomic mass is 9.94. The van der Waals surface area contributed by atoms with Crippen LogP contribution in [-0.4, -0.2) is 12.5 Å². The van der Waals surface area contributed by atoms with Gasteiger partial charge in [0.25, 0.3) is 0 Å². The maximum atomic E-state index is 11.8. The van der Waals surface area contributed by atoms with E-state index in [9.17, 15) is 4.79 Å². The van der Waals surface area contributed by atoms with E-state index < -0.39 is 0 Å². The first kappa shape index (κ1) is 18.9. The normalized spacial score (nSPS) is 11.8. The molecule has 0 fully saturated rings. The minimum atomic E-state index is 0. The van der Waals surface area contributed by atoms with Gasteiger partial charge in [-0.25, -0.2) is 0 Å². The highest BCUT2D eigenvalue weighted by atomic mass is 35.5. The van der Waals surface area contributed by atoms with Crippen LogP contribution in [-0.2, 0) is 11.2 Å². The van der Waals surface area contributed by atoms with E-state index in [2.05, 4.69) is 50.4 Å². The SMILES string of the molecule is CCc1ccc(C(NC(=O)CCCN)C(C)C)cc1.Cl. The molecule has 114 valence electrons. The third kappa shape index (κ3) is 5.93. The molecule has 0 saturated carbocycles. The van der Waals surface area contributed by atoms with E-state index in [-0.39, 0.29) is 24.4 Å². The highest BCUT2D eigenvalue weighted by molar-refractivity contribution is 5.85. The Bertz CT molecular complexity index is 390. The second-order valence-corrected chi connectivity index (χ2v) is 5.28. The Balaban J connectivity index is 0.00000361. The Hall–Kier alpha value is -1.06. The molecular formula is C16H27ClN2O. The first-order valence-corrected chi connectivity index (χ1v) is 7.16. The van der Waals surface area contributed by atoms with Crippen LogP contribution in [0.1, 0.15) is 50.8 Å². The summed E-state index contributed by atoms with van der Waals surface area (Å²) in [5.74, 6) is 0.457. The van der Waals surface area contributed by atoms with Gasteiger partial charge in [-0.1, -0.05) is 45.0 Å². The summed E-state index contributed by atoms with van der Waals surface area (Å²) in [5, 5.41) is 3.11. The second kappa shape index (κ2) is 9.78. The number of benzene rings is 1. The quantitative estimate of drug-likeness (QED) is 0.812. The summed E-state index contributed by atoms with van der Waals surface area (Å²) in [7, 11) is 0. The zero-order chi connectivity index (χ0) is 14.3. The van der Waals surface area contributed by atoms with E-state index in [0.29, 0.717) is 18.9 Å². The zero-order valence-corrected chi connectivity index (χ0v) is 13.5. The van der Waals surface area contributed by atoms with E-state index in [4.69, 9.17) is 5.73 Å². The van der Waals surface area contributed by atoms with Crippen molar-refractivity contribution in [2.24, 2.45) is 11.7 Å². The van der Waals surface area contributed by atoms with Crippen LogP contribution in [0.25, 0.3) is 0 Å². The minimum absolute atomic E-state index is 0. The van der Waals surface area contributed by atoms with Crippen LogP contribution in [0.4, 0.5) is 0 Å². The molecule has 0 bridgehead atoms.